The molecule has 7 heteroatoms. The van der Waals surface area contributed by atoms with Crippen LogP contribution < -0.4 is 5.32 Å². The first-order valence-corrected chi connectivity index (χ1v) is 10.3. The number of pyridine rings is 1. The van der Waals surface area contributed by atoms with E-state index in [1.54, 1.807) is 4.52 Å². The number of nitrogens with zero attached hydrogens (tertiary/aromatic N) is 4. The van der Waals surface area contributed by atoms with Gasteiger partial charge in [-0.25, -0.2) is 4.52 Å². The SMILES string of the molecule is O=C(Nc1nc2cccc(-c3ccc(CN4CCCC(O)C4)cc3)n2n1)C1CC1. The number of hydrogen-bond acceptors (Lipinski definition) is 5. The number of β-amino-alcohol motifs (C(OH)–C–C–N with tert-alkyl or cyclic N) is 1. The van der Waals surface area contributed by atoms with E-state index >= 15 is 0 Å². The van der Waals surface area contributed by atoms with E-state index in [4.69, 9.17) is 0 Å². The van der Waals surface area contributed by atoms with Crippen LogP contribution in [-0.4, -0.2) is 49.7 Å². The highest BCUT2D eigenvalue weighted by Gasteiger charge is 2.30. The summed E-state index contributed by atoms with van der Waals surface area (Å²) in [5, 5.41) is 17.2. The number of aromatic nitrogens is 3. The number of fused-ring (bicyclic) bond motifs is 1. The second-order valence-corrected chi connectivity index (χ2v) is 8.11. The standard InChI is InChI=1S/C22H25N5O2/c28-18-3-2-12-26(14-18)13-15-6-8-16(9-7-15)19-4-1-5-20-23-22(25-27(19)20)24-21(29)17-10-11-17/h1,4-9,17-18,28H,2-3,10-14H2,(H,24,25,29). The van der Waals surface area contributed by atoms with Crippen LogP contribution in [0.25, 0.3) is 16.9 Å². The van der Waals surface area contributed by atoms with Gasteiger partial charge in [0.25, 0.3) is 0 Å². The van der Waals surface area contributed by atoms with Crippen molar-refractivity contribution in [3.63, 3.8) is 0 Å². The molecule has 1 aromatic carbocycles. The number of piperidine rings is 1. The van der Waals surface area contributed by atoms with Gasteiger partial charge in [-0.2, -0.15) is 4.98 Å². The van der Waals surface area contributed by atoms with Gasteiger partial charge < -0.3 is 5.11 Å². The summed E-state index contributed by atoms with van der Waals surface area (Å²) in [4.78, 5) is 18.8. The van der Waals surface area contributed by atoms with Crippen molar-refractivity contribution in [2.24, 2.45) is 5.92 Å². The molecular weight excluding hydrogens is 366 g/mol. The molecule has 29 heavy (non-hydrogen) atoms. The minimum atomic E-state index is -0.206. The van der Waals surface area contributed by atoms with Crippen LogP contribution in [0, 0.1) is 5.92 Å². The zero-order chi connectivity index (χ0) is 19.8. The molecule has 0 radical (unpaired) electrons. The van der Waals surface area contributed by atoms with E-state index in [1.807, 2.05) is 18.2 Å². The van der Waals surface area contributed by atoms with Crippen molar-refractivity contribution in [1.82, 2.24) is 19.5 Å². The maximum absolute atomic E-state index is 12.0. The lowest BCUT2D eigenvalue weighted by Gasteiger charge is -2.29. The highest BCUT2D eigenvalue weighted by Crippen LogP contribution is 2.30. The molecule has 1 saturated carbocycles. The fraction of sp³-hybridized carbons (Fsp3) is 0.409. The topological polar surface area (TPSA) is 82.8 Å². The van der Waals surface area contributed by atoms with Crippen LogP contribution in [0.15, 0.2) is 42.5 Å². The van der Waals surface area contributed by atoms with Gasteiger partial charge in [0.1, 0.15) is 0 Å². The third-order valence-corrected chi connectivity index (χ3v) is 5.68. The van der Waals surface area contributed by atoms with Crippen LogP contribution in [0.3, 0.4) is 0 Å². The van der Waals surface area contributed by atoms with E-state index in [1.165, 1.54) is 5.56 Å². The van der Waals surface area contributed by atoms with Gasteiger partial charge in [0.05, 0.1) is 11.8 Å². The van der Waals surface area contributed by atoms with E-state index in [9.17, 15) is 9.90 Å². The lowest BCUT2D eigenvalue weighted by atomic mass is 10.1. The predicted molar refractivity (Wildman–Crippen MR) is 110 cm³/mol. The average molecular weight is 391 g/mol. The van der Waals surface area contributed by atoms with Gasteiger partial charge in [-0.15, -0.1) is 5.10 Å². The molecule has 1 atom stereocenters. The Kier molecular flexibility index (Phi) is 4.77. The molecule has 2 fully saturated rings. The Bertz CT molecular complexity index is 1030. The fourth-order valence-corrected chi connectivity index (χ4v) is 3.95. The van der Waals surface area contributed by atoms with E-state index in [0.717, 1.165) is 56.6 Å². The van der Waals surface area contributed by atoms with Crippen molar-refractivity contribution in [2.45, 2.75) is 38.3 Å². The van der Waals surface area contributed by atoms with Gasteiger partial charge in [-0.3, -0.25) is 15.0 Å². The minimum absolute atomic E-state index is 0.00893. The molecule has 0 spiro atoms. The number of aliphatic hydroxyl groups excluding tert-OH is 1. The van der Waals surface area contributed by atoms with Gasteiger partial charge in [-0.05, 0) is 49.9 Å². The highest BCUT2D eigenvalue weighted by molar-refractivity contribution is 5.92. The number of likely N-dealkylation sites (tertiary alicyclic amines) is 1. The summed E-state index contributed by atoms with van der Waals surface area (Å²) < 4.78 is 1.78. The summed E-state index contributed by atoms with van der Waals surface area (Å²) in [6, 6.07) is 14.3. The summed E-state index contributed by atoms with van der Waals surface area (Å²) in [6.07, 6.45) is 3.65. The van der Waals surface area contributed by atoms with Crippen LogP contribution in [-0.2, 0) is 11.3 Å². The molecule has 2 aromatic heterocycles. The Morgan fingerprint density at radius 3 is 2.72 bits per heavy atom. The summed E-state index contributed by atoms with van der Waals surface area (Å²) in [6.45, 7) is 2.63. The molecule has 3 heterocycles. The predicted octanol–water partition coefficient (Wildman–Crippen LogP) is 2.70. The molecule has 0 bridgehead atoms. The summed E-state index contributed by atoms with van der Waals surface area (Å²) >= 11 is 0. The number of rotatable bonds is 5. The largest absolute Gasteiger partial charge is 0.392 e. The van der Waals surface area contributed by atoms with Crippen molar-refractivity contribution < 1.29 is 9.90 Å². The number of aliphatic hydroxyl groups is 1. The molecule has 1 aliphatic carbocycles. The lowest BCUT2D eigenvalue weighted by Crippen LogP contribution is -2.37. The van der Waals surface area contributed by atoms with Crippen LogP contribution in [0.4, 0.5) is 5.95 Å². The molecule has 1 amide bonds. The lowest BCUT2D eigenvalue weighted by molar-refractivity contribution is -0.117. The Morgan fingerprint density at radius 1 is 1.14 bits per heavy atom. The van der Waals surface area contributed by atoms with Gasteiger partial charge in [-0.1, -0.05) is 30.3 Å². The minimum Gasteiger partial charge on any atom is -0.392 e. The Labute approximate surface area is 169 Å². The van der Waals surface area contributed by atoms with Gasteiger partial charge in [0, 0.05) is 24.6 Å². The molecular formula is C22H25N5O2. The quantitative estimate of drug-likeness (QED) is 0.699. The summed E-state index contributed by atoms with van der Waals surface area (Å²) in [5.74, 6) is 0.485. The summed E-state index contributed by atoms with van der Waals surface area (Å²) in [7, 11) is 0. The Hall–Kier alpha value is -2.77. The first-order valence-electron chi connectivity index (χ1n) is 10.3. The van der Waals surface area contributed by atoms with Crippen molar-refractivity contribution >= 4 is 17.5 Å². The molecule has 7 nitrogen and oxygen atoms in total. The molecule has 3 aromatic rings. The number of amides is 1. The second kappa shape index (κ2) is 7.57. The molecule has 1 aliphatic heterocycles. The van der Waals surface area contributed by atoms with E-state index < -0.39 is 0 Å². The van der Waals surface area contributed by atoms with Gasteiger partial charge in [0.2, 0.25) is 11.9 Å². The number of hydrogen-bond donors (Lipinski definition) is 2. The van der Waals surface area contributed by atoms with E-state index in [2.05, 4.69) is 44.6 Å². The Balaban J connectivity index is 1.35. The van der Waals surface area contributed by atoms with Gasteiger partial charge in [0.15, 0.2) is 5.65 Å². The molecule has 5 rings (SSSR count). The maximum atomic E-state index is 12.0. The molecule has 1 unspecified atom stereocenters. The normalized spacial score (nSPS) is 20.1. The van der Waals surface area contributed by atoms with Crippen molar-refractivity contribution in [2.75, 3.05) is 18.4 Å². The number of carbonyl (C=O) groups is 1. The van der Waals surface area contributed by atoms with Crippen molar-refractivity contribution in [3.05, 3.63) is 48.0 Å². The van der Waals surface area contributed by atoms with Crippen LogP contribution in [0.2, 0.25) is 0 Å². The van der Waals surface area contributed by atoms with E-state index in [0.29, 0.717) is 11.6 Å². The molecule has 2 N–H and O–H groups in total. The first kappa shape index (κ1) is 18.3. The van der Waals surface area contributed by atoms with Crippen LogP contribution in [0.1, 0.15) is 31.2 Å². The molecule has 2 aliphatic rings. The number of benzene rings is 1. The third-order valence-electron chi connectivity index (χ3n) is 5.68. The van der Waals surface area contributed by atoms with Gasteiger partial charge >= 0.3 is 0 Å². The number of anilines is 1. The fourth-order valence-electron chi connectivity index (χ4n) is 3.95. The van der Waals surface area contributed by atoms with Crippen molar-refractivity contribution in [3.8, 4) is 11.3 Å². The first-order chi connectivity index (χ1) is 14.2. The summed E-state index contributed by atoms with van der Waals surface area (Å²) in [5.41, 5.74) is 3.91. The number of nitrogens with one attached hydrogen (secondary N) is 1. The third kappa shape index (κ3) is 4.02. The second-order valence-electron chi connectivity index (χ2n) is 8.11. The maximum Gasteiger partial charge on any atom is 0.249 e. The molecule has 150 valence electrons. The highest BCUT2D eigenvalue weighted by atomic mass is 16.3. The van der Waals surface area contributed by atoms with Crippen LogP contribution >= 0.6 is 0 Å². The monoisotopic (exact) mass is 391 g/mol. The average Bonchev–Trinajstić information content (AvgIpc) is 3.49. The zero-order valence-electron chi connectivity index (χ0n) is 16.3. The Morgan fingerprint density at radius 2 is 1.97 bits per heavy atom. The zero-order valence-corrected chi connectivity index (χ0v) is 16.3. The van der Waals surface area contributed by atoms with Crippen molar-refractivity contribution in [1.29, 1.82) is 0 Å². The van der Waals surface area contributed by atoms with Crippen LogP contribution in [0.5, 0.6) is 0 Å². The molecule has 1 saturated heterocycles. The smallest absolute Gasteiger partial charge is 0.249 e. The number of carbonyl (C=O) groups excluding carboxylic acids is 1. The van der Waals surface area contributed by atoms with E-state index in [-0.39, 0.29) is 17.9 Å².